The van der Waals surface area contributed by atoms with Gasteiger partial charge in [0, 0.05) is 12.7 Å². The van der Waals surface area contributed by atoms with Gasteiger partial charge in [-0.15, -0.1) is 0 Å². The minimum absolute atomic E-state index is 0.635. The molecule has 0 aromatic carbocycles. The lowest BCUT2D eigenvalue weighted by atomic mass is 10.3. The molecule has 11 heavy (non-hydrogen) atoms. The van der Waals surface area contributed by atoms with Crippen LogP contribution in [0.2, 0.25) is 0 Å². The summed E-state index contributed by atoms with van der Waals surface area (Å²) < 4.78 is 0. The number of nitrogens with zero attached hydrogens (tertiary/aromatic N) is 2. The largest absolute Gasteiger partial charge is 0.370 e. The quantitative estimate of drug-likeness (QED) is 0.687. The minimum Gasteiger partial charge on any atom is -0.370 e. The number of anilines is 1. The molecule has 0 aliphatic heterocycles. The lowest BCUT2D eigenvalue weighted by Crippen LogP contribution is -1.98. The lowest BCUT2D eigenvalue weighted by molar-refractivity contribution is 1.16. The summed E-state index contributed by atoms with van der Waals surface area (Å²) in [7, 11) is 0. The van der Waals surface area contributed by atoms with Crippen LogP contribution in [0.5, 0.6) is 0 Å². The van der Waals surface area contributed by atoms with Gasteiger partial charge in [0.05, 0.1) is 11.6 Å². The summed E-state index contributed by atoms with van der Waals surface area (Å²) in [6.07, 6.45) is 1.62. The molecule has 1 N–H and O–H groups in total. The van der Waals surface area contributed by atoms with Gasteiger partial charge >= 0.3 is 0 Å². The molecule has 0 bridgehead atoms. The van der Waals surface area contributed by atoms with Gasteiger partial charge < -0.3 is 5.32 Å². The molecule has 1 heterocycles. The van der Waals surface area contributed by atoms with Crippen LogP contribution in [0.25, 0.3) is 0 Å². The van der Waals surface area contributed by atoms with E-state index in [0.717, 1.165) is 12.4 Å². The van der Waals surface area contributed by atoms with Gasteiger partial charge in [-0.05, 0) is 19.1 Å². The number of hydrogen-bond acceptors (Lipinski definition) is 3. The third kappa shape index (κ3) is 1.94. The normalized spacial score (nSPS) is 8.73. The average Bonchev–Trinajstić information content (AvgIpc) is 2.06. The van der Waals surface area contributed by atoms with Crippen molar-refractivity contribution in [1.82, 2.24) is 4.98 Å². The molecule has 1 aromatic rings. The highest BCUT2D eigenvalue weighted by Crippen LogP contribution is 2.04. The first-order chi connectivity index (χ1) is 5.36. The van der Waals surface area contributed by atoms with Gasteiger partial charge in [0.1, 0.15) is 5.82 Å². The van der Waals surface area contributed by atoms with Crippen molar-refractivity contribution in [2.24, 2.45) is 0 Å². The summed E-state index contributed by atoms with van der Waals surface area (Å²) in [6.45, 7) is 2.81. The van der Waals surface area contributed by atoms with E-state index in [0.29, 0.717) is 5.56 Å². The Labute approximate surface area is 65.7 Å². The molecule has 0 fully saturated rings. The number of nitrogens with one attached hydrogen (secondary N) is 1. The van der Waals surface area contributed by atoms with Crippen molar-refractivity contribution in [1.29, 1.82) is 5.26 Å². The van der Waals surface area contributed by atoms with Crippen LogP contribution < -0.4 is 5.32 Å². The van der Waals surface area contributed by atoms with E-state index in [2.05, 4.69) is 10.3 Å². The van der Waals surface area contributed by atoms with Crippen molar-refractivity contribution in [3.8, 4) is 6.07 Å². The highest BCUT2D eigenvalue weighted by molar-refractivity contribution is 5.41. The van der Waals surface area contributed by atoms with Crippen LogP contribution in [-0.2, 0) is 0 Å². The van der Waals surface area contributed by atoms with E-state index >= 15 is 0 Å². The predicted molar refractivity (Wildman–Crippen MR) is 43.1 cm³/mol. The van der Waals surface area contributed by atoms with Crippen LogP contribution in [0.3, 0.4) is 0 Å². The minimum atomic E-state index is 0.635. The zero-order valence-electron chi connectivity index (χ0n) is 6.33. The number of pyridine rings is 1. The topological polar surface area (TPSA) is 48.7 Å². The summed E-state index contributed by atoms with van der Waals surface area (Å²) in [5, 5.41) is 11.5. The maximum atomic E-state index is 8.52. The molecule has 56 valence electrons. The van der Waals surface area contributed by atoms with E-state index in [1.165, 1.54) is 0 Å². The van der Waals surface area contributed by atoms with Crippen molar-refractivity contribution >= 4 is 5.82 Å². The van der Waals surface area contributed by atoms with Crippen LogP contribution in [0, 0.1) is 11.3 Å². The van der Waals surface area contributed by atoms with E-state index in [-0.39, 0.29) is 0 Å². The summed E-state index contributed by atoms with van der Waals surface area (Å²) in [6, 6.07) is 5.45. The van der Waals surface area contributed by atoms with E-state index in [4.69, 9.17) is 5.26 Å². The Morgan fingerprint density at radius 2 is 2.55 bits per heavy atom. The second kappa shape index (κ2) is 3.57. The third-order valence-electron chi connectivity index (χ3n) is 1.25. The molecule has 0 atom stereocenters. The second-order valence-electron chi connectivity index (χ2n) is 2.07. The van der Waals surface area contributed by atoms with Crippen molar-refractivity contribution in [3.63, 3.8) is 0 Å². The highest BCUT2D eigenvalue weighted by atomic mass is 15.0. The molecular formula is C8H9N3. The van der Waals surface area contributed by atoms with Gasteiger partial charge in [-0.3, -0.25) is 0 Å². The number of aromatic nitrogens is 1. The molecule has 3 heteroatoms. The summed E-state index contributed by atoms with van der Waals surface area (Å²) in [5.74, 6) is 0.756. The lowest BCUT2D eigenvalue weighted by Gasteiger charge is -1.99. The molecule has 3 nitrogen and oxygen atoms in total. The van der Waals surface area contributed by atoms with E-state index in [1.54, 1.807) is 18.3 Å². The number of nitriles is 1. The fourth-order valence-electron chi connectivity index (χ4n) is 0.778. The van der Waals surface area contributed by atoms with Gasteiger partial charge in [-0.1, -0.05) is 0 Å². The summed E-state index contributed by atoms with van der Waals surface area (Å²) in [5.41, 5.74) is 0.635. The number of hydrogen-bond donors (Lipinski definition) is 1. The van der Waals surface area contributed by atoms with Crippen LogP contribution in [0.15, 0.2) is 18.3 Å². The first-order valence-electron chi connectivity index (χ1n) is 3.47. The SMILES string of the molecule is CCNc1cc(C#N)ccn1. The number of rotatable bonds is 2. The maximum absolute atomic E-state index is 8.52. The molecule has 0 radical (unpaired) electrons. The Kier molecular flexibility index (Phi) is 2.45. The fourth-order valence-corrected chi connectivity index (χ4v) is 0.778. The molecule has 0 aliphatic rings. The van der Waals surface area contributed by atoms with Crippen molar-refractivity contribution in [2.45, 2.75) is 6.92 Å². The van der Waals surface area contributed by atoms with E-state index in [9.17, 15) is 0 Å². The van der Waals surface area contributed by atoms with Crippen molar-refractivity contribution in [3.05, 3.63) is 23.9 Å². The summed E-state index contributed by atoms with van der Waals surface area (Å²) >= 11 is 0. The monoisotopic (exact) mass is 147 g/mol. The van der Waals surface area contributed by atoms with E-state index < -0.39 is 0 Å². The average molecular weight is 147 g/mol. The zero-order valence-corrected chi connectivity index (χ0v) is 6.33. The highest BCUT2D eigenvalue weighted by Gasteiger charge is 1.92. The molecule has 1 rings (SSSR count). The molecule has 0 amide bonds. The Balaban J connectivity index is 2.85. The smallest absolute Gasteiger partial charge is 0.127 e. The maximum Gasteiger partial charge on any atom is 0.127 e. The Morgan fingerprint density at radius 1 is 1.73 bits per heavy atom. The predicted octanol–water partition coefficient (Wildman–Crippen LogP) is 1.39. The first-order valence-corrected chi connectivity index (χ1v) is 3.47. The molecule has 0 saturated heterocycles. The molecular weight excluding hydrogens is 138 g/mol. The standard InChI is InChI=1S/C8H9N3/c1-2-10-8-5-7(6-9)3-4-11-8/h3-5H,2H2,1H3,(H,10,11). The molecule has 0 aliphatic carbocycles. The molecule has 0 unspecified atom stereocenters. The van der Waals surface area contributed by atoms with Crippen molar-refractivity contribution in [2.75, 3.05) is 11.9 Å². The summed E-state index contributed by atoms with van der Waals surface area (Å²) in [4.78, 5) is 4.01. The zero-order chi connectivity index (χ0) is 8.10. The van der Waals surface area contributed by atoms with Gasteiger partial charge in [0.25, 0.3) is 0 Å². The van der Waals surface area contributed by atoms with Crippen LogP contribution in [-0.4, -0.2) is 11.5 Å². The van der Waals surface area contributed by atoms with Crippen LogP contribution >= 0.6 is 0 Å². The van der Waals surface area contributed by atoms with Gasteiger partial charge in [-0.2, -0.15) is 5.26 Å². The van der Waals surface area contributed by atoms with Crippen LogP contribution in [0.4, 0.5) is 5.82 Å². The Hall–Kier alpha value is -1.56. The molecule has 0 saturated carbocycles. The van der Waals surface area contributed by atoms with Gasteiger partial charge in [-0.25, -0.2) is 4.98 Å². The Morgan fingerprint density at radius 3 is 3.18 bits per heavy atom. The fraction of sp³-hybridized carbons (Fsp3) is 0.250. The third-order valence-corrected chi connectivity index (χ3v) is 1.25. The van der Waals surface area contributed by atoms with E-state index in [1.807, 2.05) is 13.0 Å². The van der Waals surface area contributed by atoms with Crippen molar-refractivity contribution < 1.29 is 0 Å². The molecule has 0 spiro atoms. The van der Waals surface area contributed by atoms with Gasteiger partial charge in [0.2, 0.25) is 0 Å². The van der Waals surface area contributed by atoms with Crippen LogP contribution in [0.1, 0.15) is 12.5 Å². The first kappa shape index (κ1) is 7.55. The Bertz CT molecular complexity index is 275. The second-order valence-corrected chi connectivity index (χ2v) is 2.07. The van der Waals surface area contributed by atoms with Gasteiger partial charge in [0.15, 0.2) is 0 Å². The molecule has 1 aromatic heterocycles.